The Labute approximate surface area is 140 Å². The van der Waals surface area contributed by atoms with E-state index in [-0.39, 0.29) is 29.6 Å². The summed E-state index contributed by atoms with van der Waals surface area (Å²) in [5, 5.41) is 20.3. The van der Waals surface area contributed by atoms with Gasteiger partial charge in [0, 0.05) is 29.8 Å². The topological polar surface area (TPSA) is 101 Å². The molecule has 1 aliphatic rings. The van der Waals surface area contributed by atoms with E-state index in [9.17, 15) is 19.7 Å². The molecule has 0 aromatic heterocycles. The Morgan fingerprint density at radius 2 is 2.04 bits per heavy atom. The zero-order valence-electron chi connectivity index (χ0n) is 14.1. The molecule has 7 nitrogen and oxygen atoms in total. The van der Waals surface area contributed by atoms with Gasteiger partial charge in [0.1, 0.15) is 0 Å². The minimum Gasteiger partial charge on any atom is -0.481 e. The number of rotatable bonds is 4. The molecule has 0 saturated carbocycles. The van der Waals surface area contributed by atoms with Gasteiger partial charge in [-0.3, -0.25) is 19.7 Å². The van der Waals surface area contributed by atoms with Crippen molar-refractivity contribution in [3.8, 4) is 0 Å². The lowest BCUT2D eigenvalue weighted by Crippen LogP contribution is -2.36. The van der Waals surface area contributed by atoms with E-state index < -0.39 is 16.3 Å². The number of likely N-dealkylation sites (tertiary alicyclic amines) is 1. The van der Waals surface area contributed by atoms with E-state index in [1.54, 1.807) is 12.1 Å². The molecular weight excluding hydrogens is 312 g/mol. The first-order valence-corrected chi connectivity index (χ1v) is 7.93. The summed E-state index contributed by atoms with van der Waals surface area (Å²) < 4.78 is 0. The van der Waals surface area contributed by atoms with Crippen molar-refractivity contribution in [1.82, 2.24) is 4.90 Å². The normalized spacial score (nSPS) is 17.8. The zero-order valence-corrected chi connectivity index (χ0v) is 14.1. The highest BCUT2D eigenvalue weighted by atomic mass is 16.6. The summed E-state index contributed by atoms with van der Waals surface area (Å²) in [7, 11) is 0. The van der Waals surface area contributed by atoms with Gasteiger partial charge in [0.25, 0.3) is 11.6 Å². The van der Waals surface area contributed by atoms with E-state index >= 15 is 0 Å². The lowest BCUT2D eigenvalue weighted by molar-refractivity contribution is -0.386. The summed E-state index contributed by atoms with van der Waals surface area (Å²) in [6.45, 7) is 6.10. The molecule has 0 radical (unpaired) electrons. The molecule has 2 rings (SSSR count). The van der Waals surface area contributed by atoms with Gasteiger partial charge in [-0.1, -0.05) is 26.8 Å². The predicted octanol–water partition coefficient (Wildman–Crippen LogP) is 2.97. The molecule has 1 amide bonds. The Kier molecular flexibility index (Phi) is 4.91. The quantitative estimate of drug-likeness (QED) is 0.674. The molecule has 7 heteroatoms. The van der Waals surface area contributed by atoms with Gasteiger partial charge in [-0.25, -0.2) is 0 Å². The highest BCUT2D eigenvalue weighted by Gasteiger charge is 2.33. The molecule has 0 spiro atoms. The number of nitro groups is 1. The molecule has 1 unspecified atom stereocenters. The zero-order chi connectivity index (χ0) is 18.1. The van der Waals surface area contributed by atoms with Crippen molar-refractivity contribution in [1.29, 1.82) is 0 Å². The highest BCUT2D eigenvalue weighted by Crippen LogP contribution is 2.33. The molecule has 1 atom stereocenters. The minimum atomic E-state index is -0.950. The average molecular weight is 334 g/mol. The van der Waals surface area contributed by atoms with Crippen LogP contribution in [0.25, 0.3) is 0 Å². The molecule has 24 heavy (non-hydrogen) atoms. The molecule has 1 fully saturated rings. The minimum absolute atomic E-state index is 0.0812. The maximum Gasteiger partial charge on any atom is 0.305 e. The van der Waals surface area contributed by atoms with Gasteiger partial charge in [0.2, 0.25) is 0 Å². The molecule has 1 N–H and O–H groups in total. The number of hydrogen-bond donors (Lipinski definition) is 1. The van der Waals surface area contributed by atoms with Crippen molar-refractivity contribution >= 4 is 17.6 Å². The summed E-state index contributed by atoms with van der Waals surface area (Å²) in [5.74, 6) is -1.30. The molecule has 130 valence electrons. The standard InChI is InChI=1S/C17H22N2O5/c1-17(2,3)13-7-6-11(9-14(13)19(23)24)16(22)18-8-4-5-12(18)10-15(20)21/h6-7,9,12H,4-5,8,10H2,1-3H3,(H,20,21). The first-order chi connectivity index (χ1) is 11.1. The summed E-state index contributed by atoms with van der Waals surface area (Å²) in [5.41, 5.74) is 0.297. The van der Waals surface area contributed by atoms with E-state index in [2.05, 4.69) is 0 Å². The van der Waals surface area contributed by atoms with Crippen molar-refractivity contribution in [3.63, 3.8) is 0 Å². The van der Waals surface area contributed by atoms with Crippen molar-refractivity contribution in [3.05, 3.63) is 39.4 Å². The van der Waals surface area contributed by atoms with Crippen molar-refractivity contribution in [2.45, 2.75) is 51.5 Å². The molecule has 1 aromatic rings. The van der Waals surface area contributed by atoms with Gasteiger partial charge >= 0.3 is 5.97 Å². The molecular formula is C17H22N2O5. The van der Waals surface area contributed by atoms with Crippen LogP contribution in [0.2, 0.25) is 0 Å². The molecule has 0 aliphatic carbocycles. The van der Waals surface area contributed by atoms with Gasteiger partial charge < -0.3 is 10.0 Å². The van der Waals surface area contributed by atoms with Crippen LogP contribution in [0.15, 0.2) is 18.2 Å². The highest BCUT2D eigenvalue weighted by molar-refractivity contribution is 5.95. The van der Waals surface area contributed by atoms with Crippen LogP contribution in [0.4, 0.5) is 5.69 Å². The number of aliphatic carboxylic acids is 1. The van der Waals surface area contributed by atoms with Crippen LogP contribution in [0.3, 0.4) is 0 Å². The van der Waals surface area contributed by atoms with E-state index in [1.807, 2.05) is 20.8 Å². The molecule has 1 aromatic carbocycles. The smallest absolute Gasteiger partial charge is 0.305 e. The maximum atomic E-state index is 12.7. The molecule has 0 bridgehead atoms. The second-order valence-electron chi connectivity index (χ2n) is 7.13. The number of carboxylic acid groups (broad SMARTS) is 1. The number of nitrogens with zero attached hydrogens (tertiary/aromatic N) is 2. The fourth-order valence-electron chi connectivity index (χ4n) is 3.13. The van der Waals surface area contributed by atoms with Gasteiger partial charge in [-0.15, -0.1) is 0 Å². The van der Waals surface area contributed by atoms with E-state index in [1.165, 1.54) is 11.0 Å². The van der Waals surface area contributed by atoms with Crippen molar-refractivity contribution in [2.24, 2.45) is 0 Å². The van der Waals surface area contributed by atoms with Crippen LogP contribution in [0.5, 0.6) is 0 Å². The number of amides is 1. The summed E-state index contributed by atoms with van der Waals surface area (Å²) in [6.07, 6.45) is 1.28. The molecule has 1 heterocycles. The van der Waals surface area contributed by atoms with Crippen LogP contribution in [0, 0.1) is 10.1 Å². The van der Waals surface area contributed by atoms with Crippen molar-refractivity contribution < 1.29 is 19.6 Å². The van der Waals surface area contributed by atoms with E-state index in [4.69, 9.17) is 5.11 Å². The third-order valence-electron chi connectivity index (χ3n) is 4.30. The van der Waals surface area contributed by atoms with Gasteiger partial charge in [-0.2, -0.15) is 0 Å². The Balaban J connectivity index is 2.35. The lowest BCUT2D eigenvalue weighted by Gasteiger charge is -2.24. The van der Waals surface area contributed by atoms with Crippen LogP contribution < -0.4 is 0 Å². The average Bonchev–Trinajstić information content (AvgIpc) is 2.92. The number of benzene rings is 1. The Bertz CT molecular complexity index is 678. The Hall–Kier alpha value is -2.44. The maximum absolute atomic E-state index is 12.7. The third kappa shape index (κ3) is 3.72. The number of carboxylic acids is 1. The first-order valence-electron chi connectivity index (χ1n) is 7.93. The number of nitro benzene ring substituents is 1. The molecule has 1 saturated heterocycles. The fourth-order valence-corrected chi connectivity index (χ4v) is 3.13. The molecule has 1 aliphatic heterocycles. The van der Waals surface area contributed by atoms with Crippen LogP contribution in [-0.4, -0.2) is 39.4 Å². The second kappa shape index (κ2) is 6.59. The SMILES string of the molecule is CC(C)(C)c1ccc(C(=O)N2CCCC2CC(=O)O)cc1[N+](=O)[O-]. The van der Waals surface area contributed by atoms with Crippen LogP contribution in [0.1, 0.15) is 56.0 Å². The summed E-state index contributed by atoms with van der Waals surface area (Å²) in [4.78, 5) is 36.0. The van der Waals surface area contributed by atoms with Gasteiger partial charge in [0.05, 0.1) is 11.3 Å². The number of carbonyl (C=O) groups is 2. The predicted molar refractivity (Wildman–Crippen MR) is 88.1 cm³/mol. The van der Waals surface area contributed by atoms with Gasteiger partial charge in [0.15, 0.2) is 0 Å². The van der Waals surface area contributed by atoms with Crippen LogP contribution >= 0.6 is 0 Å². The van der Waals surface area contributed by atoms with E-state index in [0.717, 1.165) is 6.42 Å². The Morgan fingerprint density at radius 3 is 2.58 bits per heavy atom. The summed E-state index contributed by atoms with van der Waals surface area (Å²) >= 11 is 0. The first kappa shape index (κ1) is 17.9. The van der Waals surface area contributed by atoms with E-state index in [0.29, 0.717) is 18.5 Å². The fraction of sp³-hybridized carbons (Fsp3) is 0.529. The lowest BCUT2D eigenvalue weighted by atomic mass is 9.85. The van der Waals surface area contributed by atoms with Crippen LogP contribution in [-0.2, 0) is 10.2 Å². The Morgan fingerprint density at radius 1 is 1.38 bits per heavy atom. The second-order valence-corrected chi connectivity index (χ2v) is 7.13. The largest absolute Gasteiger partial charge is 0.481 e. The third-order valence-corrected chi connectivity index (χ3v) is 4.30. The summed E-state index contributed by atoms with van der Waals surface area (Å²) in [6, 6.07) is 4.16. The number of hydrogen-bond acceptors (Lipinski definition) is 4. The van der Waals surface area contributed by atoms with Gasteiger partial charge in [-0.05, 0) is 24.3 Å². The number of carbonyl (C=O) groups excluding carboxylic acids is 1. The van der Waals surface area contributed by atoms with Crippen molar-refractivity contribution in [2.75, 3.05) is 6.54 Å². The monoisotopic (exact) mass is 334 g/mol.